The highest BCUT2D eigenvalue weighted by atomic mass is 32.7. The highest BCUT2D eigenvalue weighted by molar-refractivity contribution is 8.55. The first kappa shape index (κ1) is 20.5. The van der Waals surface area contributed by atoms with Crippen molar-refractivity contribution >= 4 is 18.2 Å². The van der Waals surface area contributed by atoms with Crippen LogP contribution in [0.2, 0.25) is 0 Å². The van der Waals surface area contributed by atoms with Gasteiger partial charge in [-0.15, -0.1) is 0 Å². The van der Waals surface area contributed by atoms with E-state index in [2.05, 4.69) is 16.8 Å². The van der Waals surface area contributed by atoms with E-state index in [0.717, 1.165) is 38.5 Å². The SMILES string of the molecule is CN1CCN(CCSP(=O)(OC(C)(C)C)OC(C)(C)C)CC1. The Morgan fingerprint density at radius 1 is 0.955 bits per heavy atom. The first-order valence-electron chi connectivity index (χ1n) is 7.96. The molecule has 22 heavy (non-hydrogen) atoms. The summed E-state index contributed by atoms with van der Waals surface area (Å²) in [7, 11) is 2.15. The number of nitrogens with zero attached hydrogens (tertiary/aromatic N) is 2. The molecule has 0 aromatic rings. The molecule has 0 atom stereocenters. The number of piperazine rings is 1. The third kappa shape index (κ3) is 8.90. The summed E-state index contributed by atoms with van der Waals surface area (Å²) in [6.07, 6.45) is 0. The van der Waals surface area contributed by atoms with E-state index in [9.17, 15) is 4.57 Å². The van der Waals surface area contributed by atoms with Crippen LogP contribution in [0.15, 0.2) is 0 Å². The molecule has 0 saturated carbocycles. The zero-order valence-corrected chi connectivity index (χ0v) is 16.9. The summed E-state index contributed by atoms with van der Waals surface area (Å²) in [5.74, 6) is 0.757. The monoisotopic (exact) mass is 352 g/mol. The van der Waals surface area contributed by atoms with Gasteiger partial charge in [0.05, 0.1) is 11.2 Å². The first-order chi connectivity index (χ1) is 9.89. The second-order valence-corrected chi connectivity index (χ2v) is 11.9. The predicted molar refractivity (Wildman–Crippen MR) is 95.7 cm³/mol. The van der Waals surface area contributed by atoms with Crippen molar-refractivity contribution in [2.45, 2.75) is 52.7 Å². The van der Waals surface area contributed by atoms with Crippen LogP contribution in [0.5, 0.6) is 0 Å². The van der Waals surface area contributed by atoms with Crippen molar-refractivity contribution in [3.63, 3.8) is 0 Å². The lowest BCUT2D eigenvalue weighted by atomic mass is 10.2. The summed E-state index contributed by atoms with van der Waals surface area (Å²) in [6.45, 7) is 13.5. The standard InChI is InChI=1S/C15H33N2O3PS/c1-14(2,3)19-21(18,20-15(4,5)6)22-13-12-17-10-8-16(7)9-11-17/h8-13H2,1-7H3. The smallest absolute Gasteiger partial charge is 0.304 e. The van der Waals surface area contributed by atoms with Crippen LogP contribution in [0.3, 0.4) is 0 Å². The first-order valence-corrected chi connectivity index (χ1v) is 11.1. The fourth-order valence-corrected chi connectivity index (χ4v) is 6.72. The van der Waals surface area contributed by atoms with E-state index >= 15 is 0 Å². The fraction of sp³-hybridized carbons (Fsp3) is 1.00. The summed E-state index contributed by atoms with van der Waals surface area (Å²) >= 11 is 1.33. The Morgan fingerprint density at radius 3 is 1.82 bits per heavy atom. The lowest BCUT2D eigenvalue weighted by Gasteiger charge is -2.33. The molecule has 0 amide bonds. The number of likely N-dealkylation sites (N-methyl/N-ethyl adjacent to an activating group) is 1. The van der Waals surface area contributed by atoms with E-state index in [0.29, 0.717) is 0 Å². The topological polar surface area (TPSA) is 42.0 Å². The minimum Gasteiger partial charge on any atom is -0.304 e. The summed E-state index contributed by atoms with van der Waals surface area (Å²) in [4.78, 5) is 4.74. The van der Waals surface area contributed by atoms with E-state index < -0.39 is 18.0 Å². The zero-order chi connectivity index (χ0) is 17.0. The van der Waals surface area contributed by atoms with Gasteiger partial charge in [0.25, 0.3) is 0 Å². The maximum Gasteiger partial charge on any atom is 0.390 e. The van der Waals surface area contributed by atoms with Crippen molar-refractivity contribution < 1.29 is 13.6 Å². The lowest BCUT2D eigenvalue weighted by molar-refractivity contribution is 0.0592. The van der Waals surface area contributed by atoms with Crippen LogP contribution in [0.25, 0.3) is 0 Å². The summed E-state index contributed by atoms with van der Waals surface area (Å²) in [5.41, 5.74) is -0.969. The van der Waals surface area contributed by atoms with Crippen molar-refractivity contribution in [2.24, 2.45) is 0 Å². The Balaban J connectivity index is 2.52. The molecule has 0 N–H and O–H groups in total. The third-order valence-electron chi connectivity index (χ3n) is 3.02. The molecule has 1 fully saturated rings. The molecule has 1 rings (SSSR count). The molecule has 0 aromatic carbocycles. The van der Waals surface area contributed by atoms with Crippen molar-refractivity contribution in [1.29, 1.82) is 0 Å². The van der Waals surface area contributed by atoms with Gasteiger partial charge in [0.1, 0.15) is 0 Å². The molecular formula is C15H33N2O3PS. The number of hydrogen-bond donors (Lipinski definition) is 0. The van der Waals surface area contributed by atoms with Crippen LogP contribution in [-0.2, 0) is 13.6 Å². The van der Waals surface area contributed by atoms with E-state index in [4.69, 9.17) is 9.05 Å². The number of hydrogen-bond acceptors (Lipinski definition) is 6. The van der Waals surface area contributed by atoms with E-state index in [-0.39, 0.29) is 0 Å². The van der Waals surface area contributed by atoms with Gasteiger partial charge in [-0.1, -0.05) is 0 Å². The normalized spacial score (nSPS) is 19.6. The molecule has 1 heterocycles. The van der Waals surface area contributed by atoms with Crippen molar-refractivity contribution in [2.75, 3.05) is 45.5 Å². The molecule has 0 aromatic heterocycles. The van der Waals surface area contributed by atoms with Gasteiger partial charge in [-0.3, -0.25) is 13.9 Å². The van der Waals surface area contributed by atoms with Gasteiger partial charge >= 0.3 is 6.80 Å². The predicted octanol–water partition coefficient (Wildman–Crippen LogP) is 3.71. The Labute approximate surface area is 140 Å². The maximum atomic E-state index is 13.0. The molecule has 0 bridgehead atoms. The molecule has 1 aliphatic rings. The van der Waals surface area contributed by atoms with Gasteiger partial charge < -0.3 is 4.90 Å². The van der Waals surface area contributed by atoms with Crippen LogP contribution in [0.4, 0.5) is 0 Å². The minimum atomic E-state index is -3.16. The highest BCUT2D eigenvalue weighted by Gasteiger charge is 2.36. The van der Waals surface area contributed by atoms with Crippen LogP contribution >= 0.6 is 18.2 Å². The van der Waals surface area contributed by atoms with Crippen LogP contribution < -0.4 is 0 Å². The maximum absolute atomic E-state index is 13.0. The Kier molecular flexibility index (Phi) is 7.44. The van der Waals surface area contributed by atoms with Crippen LogP contribution in [0.1, 0.15) is 41.5 Å². The molecule has 0 unspecified atom stereocenters. The van der Waals surface area contributed by atoms with Gasteiger partial charge in [0.2, 0.25) is 0 Å². The van der Waals surface area contributed by atoms with Crippen LogP contribution in [-0.4, -0.2) is 66.5 Å². The Bertz CT molecular complexity index is 365. The molecule has 0 aliphatic carbocycles. The molecule has 5 nitrogen and oxygen atoms in total. The van der Waals surface area contributed by atoms with E-state index in [1.807, 2.05) is 41.5 Å². The highest BCUT2D eigenvalue weighted by Crippen LogP contribution is 2.64. The molecule has 1 aliphatic heterocycles. The number of rotatable bonds is 6. The Hall–Kier alpha value is 0.420. The molecule has 7 heteroatoms. The second kappa shape index (κ2) is 8.00. The lowest BCUT2D eigenvalue weighted by Crippen LogP contribution is -2.45. The van der Waals surface area contributed by atoms with E-state index in [1.165, 1.54) is 11.4 Å². The third-order valence-corrected chi connectivity index (χ3v) is 7.19. The second-order valence-electron chi connectivity index (χ2n) is 7.83. The average molecular weight is 352 g/mol. The van der Waals surface area contributed by atoms with Gasteiger partial charge in [-0.2, -0.15) is 0 Å². The summed E-state index contributed by atoms with van der Waals surface area (Å²) in [6, 6.07) is 0. The summed E-state index contributed by atoms with van der Waals surface area (Å²) < 4.78 is 24.6. The van der Waals surface area contributed by atoms with Crippen LogP contribution in [0, 0.1) is 0 Å². The van der Waals surface area contributed by atoms with Gasteiger partial charge in [-0.05, 0) is 60.0 Å². The van der Waals surface area contributed by atoms with Crippen molar-refractivity contribution in [3.05, 3.63) is 0 Å². The quantitative estimate of drug-likeness (QED) is 0.679. The van der Waals surface area contributed by atoms with Crippen molar-refractivity contribution in [1.82, 2.24) is 9.80 Å². The van der Waals surface area contributed by atoms with Gasteiger partial charge in [-0.25, -0.2) is 4.57 Å². The summed E-state index contributed by atoms with van der Waals surface area (Å²) in [5, 5.41) is 0. The minimum absolute atomic E-state index is 0.485. The molecule has 0 radical (unpaired) electrons. The molecule has 0 spiro atoms. The van der Waals surface area contributed by atoms with Gasteiger partial charge in [0, 0.05) is 38.5 Å². The Morgan fingerprint density at radius 2 is 1.41 bits per heavy atom. The van der Waals surface area contributed by atoms with E-state index in [1.54, 1.807) is 0 Å². The zero-order valence-electron chi connectivity index (χ0n) is 15.2. The molecule has 132 valence electrons. The molecule has 1 saturated heterocycles. The van der Waals surface area contributed by atoms with Gasteiger partial charge in [0.15, 0.2) is 0 Å². The largest absolute Gasteiger partial charge is 0.390 e. The average Bonchev–Trinajstić information content (AvgIpc) is 2.26. The fourth-order valence-electron chi connectivity index (χ4n) is 2.10. The van der Waals surface area contributed by atoms with Crippen molar-refractivity contribution in [3.8, 4) is 0 Å². The molecular weight excluding hydrogens is 319 g/mol.